The second kappa shape index (κ2) is 4.47. The lowest BCUT2D eigenvalue weighted by atomic mass is 10.2. The zero-order chi connectivity index (χ0) is 10.8. The van der Waals surface area contributed by atoms with Crippen LogP contribution >= 0.6 is 22.9 Å². The third kappa shape index (κ3) is 2.68. The molecule has 80 valence electrons. The molecule has 0 aliphatic heterocycles. The Bertz CT molecular complexity index is 467. The van der Waals surface area contributed by atoms with E-state index in [-0.39, 0.29) is 6.10 Å². The minimum absolute atomic E-state index is 0.244. The molecule has 0 aromatic carbocycles. The Kier molecular flexibility index (Phi) is 3.24. The van der Waals surface area contributed by atoms with E-state index in [4.69, 9.17) is 11.6 Å². The fraction of sp³-hybridized carbons (Fsp3) is 0.364. The average Bonchev–Trinajstić information content (AvgIpc) is 2.56. The number of aromatic nitrogens is 1. The van der Waals surface area contributed by atoms with Crippen molar-refractivity contribution in [1.82, 2.24) is 4.98 Å². The zero-order valence-corrected chi connectivity index (χ0v) is 9.98. The topological polar surface area (TPSA) is 33.1 Å². The standard InChI is InChI=1S/C11H12ClNOS/c1-7(14)2-3-8-6-9-10(15-8)4-5-11(12)13-9/h4-7,14H,2-3H2,1H3/t7-/m0/s1. The maximum Gasteiger partial charge on any atom is 0.129 e. The van der Waals surface area contributed by atoms with Crippen molar-refractivity contribution in [2.45, 2.75) is 25.9 Å². The molecule has 2 nitrogen and oxygen atoms in total. The fourth-order valence-electron chi connectivity index (χ4n) is 1.42. The highest BCUT2D eigenvalue weighted by molar-refractivity contribution is 7.19. The van der Waals surface area contributed by atoms with E-state index in [0.717, 1.165) is 23.1 Å². The molecule has 1 atom stereocenters. The minimum atomic E-state index is -0.244. The normalized spacial score (nSPS) is 13.3. The zero-order valence-electron chi connectivity index (χ0n) is 8.40. The summed E-state index contributed by atoms with van der Waals surface area (Å²) in [6, 6.07) is 5.84. The maximum absolute atomic E-state index is 9.20. The predicted molar refractivity (Wildman–Crippen MR) is 64.6 cm³/mol. The third-order valence-electron chi connectivity index (χ3n) is 2.20. The van der Waals surface area contributed by atoms with E-state index in [9.17, 15) is 5.11 Å². The Morgan fingerprint density at radius 1 is 1.53 bits per heavy atom. The molecule has 0 aliphatic rings. The minimum Gasteiger partial charge on any atom is -0.393 e. The lowest BCUT2D eigenvalue weighted by Gasteiger charge is -1.99. The van der Waals surface area contributed by atoms with E-state index < -0.39 is 0 Å². The van der Waals surface area contributed by atoms with Crippen LogP contribution in [0.3, 0.4) is 0 Å². The summed E-state index contributed by atoms with van der Waals surface area (Å²) in [5, 5.41) is 9.73. The molecule has 2 aromatic heterocycles. The highest BCUT2D eigenvalue weighted by Gasteiger charge is 2.04. The molecule has 2 aromatic rings. The van der Waals surface area contributed by atoms with Crippen molar-refractivity contribution in [3.63, 3.8) is 0 Å². The van der Waals surface area contributed by atoms with Crippen LogP contribution in [0.2, 0.25) is 5.15 Å². The van der Waals surface area contributed by atoms with Gasteiger partial charge >= 0.3 is 0 Å². The van der Waals surface area contributed by atoms with Gasteiger partial charge in [-0.05, 0) is 38.0 Å². The van der Waals surface area contributed by atoms with E-state index in [0.29, 0.717) is 5.15 Å². The molecule has 0 aliphatic carbocycles. The molecular formula is C11H12ClNOS. The molecule has 2 rings (SSSR count). The van der Waals surface area contributed by atoms with Crippen LogP contribution in [0.4, 0.5) is 0 Å². The Balaban J connectivity index is 2.23. The first kappa shape index (κ1) is 10.9. The molecule has 0 amide bonds. The van der Waals surface area contributed by atoms with E-state index in [1.807, 2.05) is 19.1 Å². The number of fused-ring (bicyclic) bond motifs is 1. The van der Waals surface area contributed by atoms with E-state index in [1.54, 1.807) is 17.4 Å². The highest BCUT2D eigenvalue weighted by Crippen LogP contribution is 2.26. The first-order chi connectivity index (χ1) is 7.15. The van der Waals surface area contributed by atoms with Gasteiger partial charge in [-0.15, -0.1) is 11.3 Å². The number of hydrogen-bond donors (Lipinski definition) is 1. The number of nitrogens with zero attached hydrogens (tertiary/aromatic N) is 1. The van der Waals surface area contributed by atoms with Gasteiger partial charge in [0.15, 0.2) is 0 Å². The highest BCUT2D eigenvalue weighted by atomic mass is 35.5. The van der Waals surface area contributed by atoms with Gasteiger partial charge in [0.05, 0.1) is 16.3 Å². The van der Waals surface area contributed by atoms with Crippen molar-refractivity contribution in [3.8, 4) is 0 Å². The van der Waals surface area contributed by atoms with Gasteiger partial charge in [0.25, 0.3) is 0 Å². The molecule has 0 saturated heterocycles. The molecule has 4 heteroatoms. The SMILES string of the molecule is C[C@H](O)CCc1cc2nc(Cl)ccc2s1. The molecule has 0 unspecified atom stereocenters. The van der Waals surface area contributed by atoms with Crippen molar-refractivity contribution in [3.05, 3.63) is 28.2 Å². The van der Waals surface area contributed by atoms with Gasteiger partial charge < -0.3 is 5.11 Å². The van der Waals surface area contributed by atoms with Crippen molar-refractivity contribution in [2.75, 3.05) is 0 Å². The van der Waals surface area contributed by atoms with Crippen LogP contribution in [0.5, 0.6) is 0 Å². The van der Waals surface area contributed by atoms with Crippen molar-refractivity contribution >= 4 is 33.2 Å². The lowest BCUT2D eigenvalue weighted by molar-refractivity contribution is 0.185. The number of aliphatic hydroxyl groups is 1. The largest absolute Gasteiger partial charge is 0.393 e. The van der Waals surface area contributed by atoms with Crippen molar-refractivity contribution < 1.29 is 5.11 Å². The molecule has 0 spiro atoms. The predicted octanol–water partition coefficient (Wildman–Crippen LogP) is 3.26. The maximum atomic E-state index is 9.20. The van der Waals surface area contributed by atoms with Gasteiger partial charge in [0.2, 0.25) is 0 Å². The Hall–Kier alpha value is -0.640. The molecule has 1 N–H and O–H groups in total. The quantitative estimate of drug-likeness (QED) is 0.837. The van der Waals surface area contributed by atoms with Gasteiger partial charge in [-0.2, -0.15) is 0 Å². The van der Waals surface area contributed by atoms with Crippen molar-refractivity contribution in [1.29, 1.82) is 0 Å². The molecule has 2 heterocycles. The van der Waals surface area contributed by atoms with Crippen LogP contribution in [-0.2, 0) is 6.42 Å². The van der Waals surface area contributed by atoms with Crippen LogP contribution < -0.4 is 0 Å². The summed E-state index contributed by atoms with van der Waals surface area (Å²) in [5.74, 6) is 0. The van der Waals surface area contributed by atoms with Crippen LogP contribution in [0.15, 0.2) is 18.2 Å². The first-order valence-corrected chi connectivity index (χ1v) is 6.07. The summed E-state index contributed by atoms with van der Waals surface area (Å²) < 4.78 is 1.15. The van der Waals surface area contributed by atoms with E-state index >= 15 is 0 Å². The average molecular weight is 242 g/mol. The number of thiophene rings is 1. The number of halogens is 1. The van der Waals surface area contributed by atoms with E-state index in [1.165, 1.54) is 4.88 Å². The molecule has 15 heavy (non-hydrogen) atoms. The molecule has 0 radical (unpaired) electrons. The van der Waals surface area contributed by atoms with Crippen LogP contribution in [0, 0.1) is 0 Å². The number of aryl methyl sites for hydroxylation is 1. The Morgan fingerprint density at radius 2 is 2.33 bits per heavy atom. The van der Waals surface area contributed by atoms with Crippen LogP contribution in [0.25, 0.3) is 10.2 Å². The number of hydrogen-bond acceptors (Lipinski definition) is 3. The summed E-state index contributed by atoms with van der Waals surface area (Å²) in [5.41, 5.74) is 0.952. The van der Waals surface area contributed by atoms with Gasteiger partial charge in [-0.1, -0.05) is 11.6 Å². The van der Waals surface area contributed by atoms with Crippen LogP contribution in [0.1, 0.15) is 18.2 Å². The number of aliphatic hydroxyl groups excluding tert-OH is 1. The molecular weight excluding hydrogens is 230 g/mol. The van der Waals surface area contributed by atoms with E-state index in [2.05, 4.69) is 4.98 Å². The molecule has 0 bridgehead atoms. The lowest BCUT2D eigenvalue weighted by Crippen LogP contribution is -1.99. The van der Waals surface area contributed by atoms with Gasteiger partial charge in [-0.25, -0.2) is 4.98 Å². The first-order valence-electron chi connectivity index (χ1n) is 4.88. The second-order valence-electron chi connectivity index (χ2n) is 3.62. The Labute approximate surface area is 97.5 Å². The summed E-state index contributed by atoms with van der Waals surface area (Å²) in [7, 11) is 0. The van der Waals surface area contributed by atoms with Gasteiger partial charge in [0.1, 0.15) is 5.15 Å². The number of pyridine rings is 1. The van der Waals surface area contributed by atoms with Crippen LogP contribution in [-0.4, -0.2) is 16.2 Å². The molecule has 0 fully saturated rings. The molecule has 0 saturated carbocycles. The summed E-state index contributed by atoms with van der Waals surface area (Å²) in [4.78, 5) is 5.49. The number of rotatable bonds is 3. The fourth-order valence-corrected chi connectivity index (χ4v) is 2.60. The Morgan fingerprint density at radius 3 is 3.07 bits per heavy atom. The van der Waals surface area contributed by atoms with Gasteiger partial charge in [0, 0.05) is 4.88 Å². The van der Waals surface area contributed by atoms with Crippen molar-refractivity contribution in [2.24, 2.45) is 0 Å². The smallest absolute Gasteiger partial charge is 0.129 e. The summed E-state index contributed by atoms with van der Waals surface area (Å²) in [6.45, 7) is 1.81. The summed E-state index contributed by atoms with van der Waals surface area (Å²) in [6.07, 6.45) is 1.45. The summed E-state index contributed by atoms with van der Waals surface area (Å²) >= 11 is 7.52. The second-order valence-corrected chi connectivity index (χ2v) is 5.17. The third-order valence-corrected chi connectivity index (χ3v) is 3.56. The monoisotopic (exact) mass is 241 g/mol. The van der Waals surface area contributed by atoms with Gasteiger partial charge in [-0.3, -0.25) is 0 Å².